The summed E-state index contributed by atoms with van der Waals surface area (Å²) in [5, 5.41) is 2.51. The number of rotatable bonds is 1. The molecule has 0 spiro atoms. The van der Waals surface area contributed by atoms with Crippen molar-refractivity contribution in [3.8, 4) is 0 Å². The molecule has 0 bridgehead atoms. The third-order valence-corrected chi connectivity index (χ3v) is 1.97. The van der Waals surface area contributed by atoms with E-state index in [4.69, 9.17) is 9.79 Å². The maximum absolute atomic E-state index is 10.0. The first-order chi connectivity index (χ1) is 3.11. The standard InChI is InChI=1S/C2H6NO3P/c4-7(5,6)2-1-3-2/h2-3H,1H2,(H2,4,5,6). The highest BCUT2D eigenvalue weighted by Crippen LogP contribution is 2.43. The molecule has 0 aromatic heterocycles. The predicted molar refractivity (Wildman–Crippen MR) is 23.8 cm³/mol. The minimum Gasteiger partial charge on any atom is -0.323 e. The first kappa shape index (κ1) is 5.25. The number of nitrogens with one attached hydrogen (secondary N) is 1. The fourth-order valence-electron chi connectivity index (χ4n) is 0.291. The van der Waals surface area contributed by atoms with Crippen LogP contribution >= 0.6 is 7.60 Å². The van der Waals surface area contributed by atoms with Crippen molar-refractivity contribution in [3.63, 3.8) is 0 Å². The molecule has 1 aliphatic rings. The van der Waals surface area contributed by atoms with E-state index < -0.39 is 13.4 Å². The van der Waals surface area contributed by atoms with Crippen molar-refractivity contribution in [2.24, 2.45) is 0 Å². The average Bonchev–Trinajstić information content (AvgIpc) is 1.99. The molecule has 7 heavy (non-hydrogen) atoms. The predicted octanol–water partition coefficient (Wildman–Crippen LogP) is -0.907. The quantitative estimate of drug-likeness (QED) is 0.311. The van der Waals surface area contributed by atoms with Gasteiger partial charge in [0, 0.05) is 6.54 Å². The Hall–Kier alpha value is 0.110. The molecule has 0 amide bonds. The second-order valence-electron chi connectivity index (χ2n) is 1.51. The first-order valence-corrected chi connectivity index (χ1v) is 3.57. The largest absolute Gasteiger partial charge is 0.343 e. The molecule has 0 aliphatic carbocycles. The van der Waals surface area contributed by atoms with Gasteiger partial charge in [-0.15, -0.1) is 0 Å². The van der Waals surface area contributed by atoms with Gasteiger partial charge in [-0.25, -0.2) is 0 Å². The summed E-state index contributed by atoms with van der Waals surface area (Å²) in [6, 6.07) is 0. The molecule has 5 heteroatoms. The maximum atomic E-state index is 10.0. The Morgan fingerprint density at radius 2 is 2.14 bits per heavy atom. The molecule has 3 N–H and O–H groups in total. The summed E-state index contributed by atoms with van der Waals surface area (Å²) in [5.41, 5.74) is 0. The van der Waals surface area contributed by atoms with Gasteiger partial charge in [-0.1, -0.05) is 0 Å². The van der Waals surface area contributed by atoms with E-state index in [0.717, 1.165) is 0 Å². The Labute approximate surface area is 40.7 Å². The lowest BCUT2D eigenvalue weighted by Gasteiger charge is -1.94. The highest BCUT2D eigenvalue weighted by molar-refractivity contribution is 7.52. The summed E-state index contributed by atoms with van der Waals surface area (Å²) in [6.45, 7) is 0.463. The van der Waals surface area contributed by atoms with E-state index in [-0.39, 0.29) is 0 Å². The Morgan fingerprint density at radius 3 is 2.14 bits per heavy atom. The van der Waals surface area contributed by atoms with Crippen molar-refractivity contribution in [1.29, 1.82) is 0 Å². The maximum Gasteiger partial charge on any atom is 0.343 e. The molecule has 1 fully saturated rings. The van der Waals surface area contributed by atoms with Crippen molar-refractivity contribution < 1.29 is 14.4 Å². The molecule has 0 aromatic rings. The summed E-state index contributed by atoms with van der Waals surface area (Å²) in [5.74, 6) is -0.535. The van der Waals surface area contributed by atoms with Gasteiger partial charge < -0.3 is 15.1 Å². The average molecular weight is 123 g/mol. The number of hydrogen-bond acceptors (Lipinski definition) is 2. The van der Waals surface area contributed by atoms with Crippen molar-refractivity contribution in [3.05, 3.63) is 0 Å². The van der Waals surface area contributed by atoms with Gasteiger partial charge in [0.25, 0.3) is 0 Å². The molecule has 1 rings (SSSR count). The molecular weight excluding hydrogens is 117 g/mol. The van der Waals surface area contributed by atoms with Gasteiger partial charge in [0.15, 0.2) is 0 Å². The van der Waals surface area contributed by atoms with Crippen LogP contribution in [0.1, 0.15) is 0 Å². The lowest BCUT2D eigenvalue weighted by atomic mass is 11.0. The fraction of sp³-hybridized carbons (Fsp3) is 1.00. The second kappa shape index (κ2) is 1.29. The Kier molecular flexibility index (Phi) is 0.970. The molecule has 0 radical (unpaired) electrons. The first-order valence-electron chi connectivity index (χ1n) is 1.89. The van der Waals surface area contributed by atoms with Crippen LogP contribution in [-0.4, -0.2) is 22.1 Å². The van der Waals surface area contributed by atoms with Crippen molar-refractivity contribution in [2.45, 2.75) is 5.78 Å². The van der Waals surface area contributed by atoms with Crippen LogP contribution in [0, 0.1) is 0 Å². The van der Waals surface area contributed by atoms with Crippen LogP contribution in [0.2, 0.25) is 0 Å². The lowest BCUT2D eigenvalue weighted by Crippen LogP contribution is -1.89. The Balaban J connectivity index is 2.52. The van der Waals surface area contributed by atoms with E-state index in [0.29, 0.717) is 6.54 Å². The molecule has 1 heterocycles. The van der Waals surface area contributed by atoms with Crippen LogP contribution < -0.4 is 5.32 Å². The third-order valence-electron chi connectivity index (χ3n) is 0.793. The van der Waals surface area contributed by atoms with Crippen molar-refractivity contribution >= 4 is 7.60 Å². The SMILES string of the molecule is O=P(O)(O)C1CN1. The highest BCUT2D eigenvalue weighted by atomic mass is 31.2. The monoisotopic (exact) mass is 123 g/mol. The summed E-state index contributed by atoms with van der Waals surface area (Å²) in [6.07, 6.45) is 0. The van der Waals surface area contributed by atoms with E-state index >= 15 is 0 Å². The Morgan fingerprint density at radius 1 is 1.71 bits per heavy atom. The molecule has 4 nitrogen and oxygen atoms in total. The molecule has 1 atom stereocenters. The molecule has 42 valence electrons. The zero-order chi connectivity index (χ0) is 5.49. The second-order valence-corrected chi connectivity index (χ2v) is 3.31. The normalized spacial score (nSPS) is 30.3. The molecule has 0 saturated carbocycles. The minimum absolute atomic E-state index is 0.463. The van der Waals surface area contributed by atoms with Gasteiger partial charge in [0.2, 0.25) is 0 Å². The molecular formula is C2H6NO3P. The highest BCUT2D eigenvalue weighted by Gasteiger charge is 2.37. The van der Waals surface area contributed by atoms with Gasteiger partial charge in [-0.2, -0.15) is 0 Å². The molecule has 1 saturated heterocycles. The van der Waals surface area contributed by atoms with Crippen molar-refractivity contribution in [1.82, 2.24) is 5.32 Å². The summed E-state index contributed by atoms with van der Waals surface area (Å²) in [7, 11) is -3.74. The summed E-state index contributed by atoms with van der Waals surface area (Å²) in [4.78, 5) is 16.4. The van der Waals surface area contributed by atoms with Gasteiger partial charge in [0.1, 0.15) is 5.78 Å². The van der Waals surface area contributed by atoms with E-state index in [1.165, 1.54) is 0 Å². The van der Waals surface area contributed by atoms with Crippen molar-refractivity contribution in [2.75, 3.05) is 6.54 Å². The van der Waals surface area contributed by atoms with Crippen LogP contribution in [0.5, 0.6) is 0 Å². The smallest absolute Gasteiger partial charge is 0.323 e. The van der Waals surface area contributed by atoms with Crippen LogP contribution in [0.4, 0.5) is 0 Å². The zero-order valence-corrected chi connectivity index (χ0v) is 4.43. The number of hydrogen-bond donors (Lipinski definition) is 3. The van der Waals surface area contributed by atoms with E-state index in [1.54, 1.807) is 0 Å². The Bertz CT molecular complexity index is 114. The topological polar surface area (TPSA) is 79.5 Å². The summed E-state index contributed by atoms with van der Waals surface area (Å²) >= 11 is 0. The van der Waals surface area contributed by atoms with Gasteiger partial charge >= 0.3 is 7.60 Å². The van der Waals surface area contributed by atoms with E-state index in [9.17, 15) is 4.57 Å². The van der Waals surface area contributed by atoms with Gasteiger partial charge in [-0.3, -0.25) is 4.57 Å². The van der Waals surface area contributed by atoms with Crippen LogP contribution in [0.25, 0.3) is 0 Å². The van der Waals surface area contributed by atoms with E-state index in [2.05, 4.69) is 5.32 Å². The van der Waals surface area contributed by atoms with Crippen LogP contribution in [-0.2, 0) is 4.57 Å². The third kappa shape index (κ3) is 1.24. The molecule has 1 aliphatic heterocycles. The van der Waals surface area contributed by atoms with Gasteiger partial charge in [0.05, 0.1) is 0 Å². The van der Waals surface area contributed by atoms with Crippen LogP contribution in [0.15, 0.2) is 0 Å². The fourth-order valence-corrected chi connectivity index (χ4v) is 0.872. The zero-order valence-electron chi connectivity index (χ0n) is 3.53. The minimum atomic E-state index is -3.74. The lowest BCUT2D eigenvalue weighted by molar-refractivity contribution is 0.370. The van der Waals surface area contributed by atoms with Gasteiger partial charge in [-0.05, 0) is 0 Å². The summed E-state index contributed by atoms with van der Waals surface area (Å²) < 4.78 is 10.0. The molecule has 1 unspecified atom stereocenters. The van der Waals surface area contributed by atoms with Crippen LogP contribution in [0.3, 0.4) is 0 Å². The molecule has 0 aromatic carbocycles. The van der Waals surface area contributed by atoms with E-state index in [1.807, 2.05) is 0 Å².